The van der Waals surface area contributed by atoms with E-state index in [0.29, 0.717) is 12.0 Å². The van der Waals surface area contributed by atoms with Gasteiger partial charge < -0.3 is 15.5 Å². The molecule has 0 aliphatic heterocycles. The molecule has 1 aliphatic carbocycles. The Morgan fingerprint density at radius 3 is 2.88 bits per heavy atom. The van der Waals surface area contributed by atoms with Gasteiger partial charge in [-0.3, -0.25) is 0 Å². The lowest BCUT2D eigenvalue weighted by molar-refractivity contribution is 0.372. The van der Waals surface area contributed by atoms with Gasteiger partial charge in [-0.25, -0.2) is 4.98 Å². The largest absolute Gasteiger partial charge is 0.444 e. The van der Waals surface area contributed by atoms with Crippen LogP contribution >= 0.6 is 0 Å². The summed E-state index contributed by atoms with van der Waals surface area (Å²) in [5.74, 6) is 2.33. The van der Waals surface area contributed by atoms with Gasteiger partial charge in [-0.2, -0.15) is 0 Å². The third-order valence-corrected chi connectivity index (χ3v) is 3.55. The van der Waals surface area contributed by atoms with Crippen LogP contribution in [-0.2, 0) is 6.54 Å². The van der Waals surface area contributed by atoms with Crippen LogP contribution in [0, 0.1) is 19.8 Å². The van der Waals surface area contributed by atoms with Crippen LogP contribution in [0.1, 0.15) is 36.6 Å². The highest BCUT2D eigenvalue weighted by Gasteiger charge is 2.25. The fraction of sp³-hybridized carbons (Fsp3) is 0.750. The van der Waals surface area contributed by atoms with E-state index in [4.69, 9.17) is 10.2 Å². The number of oxazole rings is 1. The van der Waals surface area contributed by atoms with Crippen LogP contribution in [0.25, 0.3) is 0 Å². The molecular formula is C12H21N3O. The van der Waals surface area contributed by atoms with Crippen molar-refractivity contribution in [1.82, 2.24) is 10.3 Å². The van der Waals surface area contributed by atoms with Crippen LogP contribution in [-0.4, -0.2) is 17.6 Å². The number of hydrogen-bond donors (Lipinski definition) is 2. The maximum Gasteiger partial charge on any atom is 0.208 e. The highest BCUT2D eigenvalue weighted by atomic mass is 16.4. The molecule has 4 heteroatoms. The van der Waals surface area contributed by atoms with E-state index in [0.717, 1.165) is 30.4 Å². The molecule has 90 valence electrons. The minimum absolute atomic E-state index is 0.539. The molecule has 2 unspecified atom stereocenters. The Labute approximate surface area is 96.6 Å². The zero-order valence-electron chi connectivity index (χ0n) is 10.1. The van der Waals surface area contributed by atoms with Gasteiger partial charge in [0.05, 0.1) is 12.2 Å². The van der Waals surface area contributed by atoms with E-state index in [2.05, 4.69) is 10.3 Å². The van der Waals surface area contributed by atoms with Crippen molar-refractivity contribution >= 4 is 0 Å². The maximum atomic E-state index is 5.74. The summed E-state index contributed by atoms with van der Waals surface area (Å²) < 4.78 is 5.54. The molecule has 3 N–H and O–H groups in total. The predicted molar refractivity (Wildman–Crippen MR) is 63.0 cm³/mol. The van der Waals surface area contributed by atoms with E-state index >= 15 is 0 Å². The molecule has 1 heterocycles. The lowest BCUT2D eigenvalue weighted by atomic mass is 10.0. The number of nitrogens with two attached hydrogens (primary N) is 1. The molecule has 1 aromatic rings. The Hall–Kier alpha value is -0.870. The number of rotatable bonds is 4. The summed E-state index contributed by atoms with van der Waals surface area (Å²) in [4.78, 5) is 4.36. The van der Waals surface area contributed by atoms with Gasteiger partial charge in [0.15, 0.2) is 0 Å². The number of hydrogen-bond acceptors (Lipinski definition) is 4. The SMILES string of the molecule is Cc1nc(CNC2CCCC2CN)oc1C. The van der Waals surface area contributed by atoms with Crippen LogP contribution in [0.3, 0.4) is 0 Å². The van der Waals surface area contributed by atoms with Crippen LogP contribution in [0.15, 0.2) is 4.42 Å². The first-order valence-electron chi connectivity index (χ1n) is 6.07. The van der Waals surface area contributed by atoms with Crippen LogP contribution in [0.4, 0.5) is 0 Å². The van der Waals surface area contributed by atoms with Crippen molar-refractivity contribution in [3.63, 3.8) is 0 Å². The van der Waals surface area contributed by atoms with Crippen LogP contribution in [0.5, 0.6) is 0 Å². The van der Waals surface area contributed by atoms with E-state index < -0.39 is 0 Å². The average molecular weight is 223 g/mol. The number of nitrogens with zero attached hydrogens (tertiary/aromatic N) is 1. The standard InChI is InChI=1S/C12H21N3O/c1-8-9(2)16-12(15-8)7-14-11-5-3-4-10(11)6-13/h10-11,14H,3-7,13H2,1-2H3. The molecule has 2 atom stereocenters. The second-order valence-corrected chi connectivity index (χ2v) is 4.66. The molecule has 0 amide bonds. The highest BCUT2D eigenvalue weighted by molar-refractivity contribution is 5.05. The first-order chi connectivity index (χ1) is 7.70. The van der Waals surface area contributed by atoms with Gasteiger partial charge in [-0.05, 0) is 39.2 Å². The zero-order valence-corrected chi connectivity index (χ0v) is 10.1. The van der Waals surface area contributed by atoms with Gasteiger partial charge in [0.25, 0.3) is 0 Å². The minimum atomic E-state index is 0.539. The second-order valence-electron chi connectivity index (χ2n) is 4.66. The molecule has 0 spiro atoms. The third-order valence-electron chi connectivity index (χ3n) is 3.55. The molecule has 0 bridgehead atoms. The van der Waals surface area contributed by atoms with E-state index in [1.54, 1.807) is 0 Å². The van der Waals surface area contributed by atoms with Gasteiger partial charge in [-0.1, -0.05) is 6.42 Å². The number of aromatic nitrogens is 1. The molecule has 1 fully saturated rings. The maximum absolute atomic E-state index is 5.74. The van der Waals surface area contributed by atoms with Gasteiger partial charge in [-0.15, -0.1) is 0 Å². The topological polar surface area (TPSA) is 64.1 Å². The Morgan fingerprint density at radius 2 is 2.25 bits per heavy atom. The van der Waals surface area contributed by atoms with Crippen LogP contribution in [0.2, 0.25) is 0 Å². The molecule has 2 rings (SSSR count). The fourth-order valence-electron chi connectivity index (χ4n) is 2.42. The van der Waals surface area contributed by atoms with Crippen molar-refractivity contribution < 1.29 is 4.42 Å². The molecule has 1 aliphatic rings. The van der Waals surface area contributed by atoms with E-state index in [1.165, 1.54) is 19.3 Å². The monoisotopic (exact) mass is 223 g/mol. The quantitative estimate of drug-likeness (QED) is 0.812. The molecule has 0 aromatic carbocycles. The Bertz CT molecular complexity index is 329. The van der Waals surface area contributed by atoms with Crippen molar-refractivity contribution in [3.8, 4) is 0 Å². The summed E-state index contributed by atoms with van der Waals surface area (Å²) in [7, 11) is 0. The lowest BCUT2D eigenvalue weighted by Crippen LogP contribution is -2.35. The molecule has 0 saturated heterocycles. The summed E-state index contributed by atoms with van der Waals surface area (Å²) in [5.41, 5.74) is 6.73. The Morgan fingerprint density at radius 1 is 1.44 bits per heavy atom. The summed E-state index contributed by atoms with van der Waals surface area (Å²) in [6.07, 6.45) is 3.75. The molecular weight excluding hydrogens is 202 g/mol. The smallest absolute Gasteiger partial charge is 0.208 e. The van der Waals surface area contributed by atoms with E-state index in [-0.39, 0.29) is 0 Å². The first-order valence-corrected chi connectivity index (χ1v) is 6.07. The average Bonchev–Trinajstić information content (AvgIpc) is 2.83. The van der Waals surface area contributed by atoms with Crippen molar-refractivity contribution in [1.29, 1.82) is 0 Å². The minimum Gasteiger partial charge on any atom is -0.444 e. The highest BCUT2D eigenvalue weighted by Crippen LogP contribution is 2.24. The summed E-state index contributed by atoms with van der Waals surface area (Å²) >= 11 is 0. The lowest BCUT2D eigenvalue weighted by Gasteiger charge is -2.18. The first kappa shape index (κ1) is 11.6. The normalized spacial score (nSPS) is 25.2. The van der Waals surface area contributed by atoms with Gasteiger partial charge in [0.1, 0.15) is 5.76 Å². The van der Waals surface area contributed by atoms with Crippen LogP contribution < -0.4 is 11.1 Å². The van der Waals surface area contributed by atoms with Gasteiger partial charge >= 0.3 is 0 Å². The molecule has 0 radical (unpaired) electrons. The Balaban J connectivity index is 1.87. The van der Waals surface area contributed by atoms with E-state index in [9.17, 15) is 0 Å². The van der Waals surface area contributed by atoms with Crippen molar-refractivity contribution in [3.05, 3.63) is 17.3 Å². The Kier molecular flexibility index (Phi) is 3.61. The molecule has 1 aromatic heterocycles. The summed E-state index contributed by atoms with van der Waals surface area (Å²) in [6, 6.07) is 0.539. The fourth-order valence-corrected chi connectivity index (χ4v) is 2.42. The predicted octanol–water partition coefficient (Wildman–Crippen LogP) is 1.51. The summed E-state index contributed by atoms with van der Waals surface area (Å²) in [6.45, 7) is 5.42. The van der Waals surface area contributed by atoms with Gasteiger partial charge in [0.2, 0.25) is 5.89 Å². The van der Waals surface area contributed by atoms with Gasteiger partial charge in [0, 0.05) is 6.04 Å². The molecule has 16 heavy (non-hydrogen) atoms. The molecule has 1 saturated carbocycles. The number of aryl methyl sites for hydroxylation is 2. The molecule has 4 nitrogen and oxygen atoms in total. The van der Waals surface area contributed by atoms with Crippen molar-refractivity contribution in [2.45, 2.75) is 45.7 Å². The zero-order chi connectivity index (χ0) is 11.5. The third kappa shape index (κ3) is 2.44. The summed E-state index contributed by atoms with van der Waals surface area (Å²) in [5, 5.41) is 3.50. The second kappa shape index (κ2) is 4.97. The van der Waals surface area contributed by atoms with E-state index in [1.807, 2.05) is 13.8 Å². The van der Waals surface area contributed by atoms with Crippen molar-refractivity contribution in [2.24, 2.45) is 11.7 Å². The number of nitrogens with one attached hydrogen (secondary N) is 1. The van der Waals surface area contributed by atoms with Crippen molar-refractivity contribution in [2.75, 3.05) is 6.54 Å².